The number of hydrogen-bond donors (Lipinski definition) is 2. The molecule has 1 aromatic heterocycles. The number of thioether (sulfide) groups is 1. The minimum absolute atomic E-state index is 0.384. The van der Waals surface area contributed by atoms with Gasteiger partial charge in [-0.15, -0.1) is 0 Å². The Morgan fingerprint density at radius 1 is 1.19 bits per heavy atom. The van der Waals surface area contributed by atoms with E-state index in [9.17, 15) is 0 Å². The quantitative estimate of drug-likeness (QED) is 0.802. The van der Waals surface area contributed by atoms with Crippen LogP contribution in [-0.4, -0.2) is 46.2 Å². The van der Waals surface area contributed by atoms with Crippen molar-refractivity contribution in [2.75, 3.05) is 30.5 Å². The van der Waals surface area contributed by atoms with E-state index in [0.717, 1.165) is 12.8 Å². The van der Waals surface area contributed by atoms with Gasteiger partial charge in [0.25, 0.3) is 0 Å². The maximum absolute atomic E-state index is 5.53. The average molecular weight is 311 g/mol. The zero-order chi connectivity index (χ0) is 15.1. The Morgan fingerprint density at radius 3 is 2.67 bits per heavy atom. The molecule has 2 atom stereocenters. The van der Waals surface area contributed by atoms with Gasteiger partial charge in [-0.05, 0) is 25.5 Å². The number of ether oxygens (including phenoxy) is 1. The molecule has 2 rings (SSSR count). The summed E-state index contributed by atoms with van der Waals surface area (Å²) in [7, 11) is 1.80. The Balaban J connectivity index is 2.10. The van der Waals surface area contributed by atoms with Crippen molar-refractivity contribution in [2.24, 2.45) is 0 Å². The van der Waals surface area contributed by atoms with Crippen LogP contribution in [0.15, 0.2) is 0 Å². The molecule has 21 heavy (non-hydrogen) atoms. The molecule has 2 N–H and O–H groups in total. The molecule has 1 heterocycles. The zero-order valence-corrected chi connectivity index (χ0v) is 13.9. The van der Waals surface area contributed by atoms with Crippen LogP contribution < -0.4 is 15.4 Å². The van der Waals surface area contributed by atoms with E-state index in [4.69, 9.17) is 4.74 Å². The van der Waals surface area contributed by atoms with E-state index in [1.165, 1.54) is 19.3 Å². The molecule has 0 saturated heterocycles. The second-order valence-corrected chi connectivity index (χ2v) is 6.25. The van der Waals surface area contributed by atoms with Crippen molar-refractivity contribution in [3.05, 3.63) is 0 Å². The van der Waals surface area contributed by atoms with E-state index >= 15 is 0 Å². The van der Waals surface area contributed by atoms with Gasteiger partial charge in [-0.25, -0.2) is 0 Å². The van der Waals surface area contributed by atoms with Crippen molar-refractivity contribution in [1.82, 2.24) is 15.0 Å². The maximum Gasteiger partial charge on any atom is 0.323 e. The van der Waals surface area contributed by atoms with E-state index in [1.54, 1.807) is 7.05 Å². The predicted molar refractivity (Wildman–Crippen MR) is 88.3 cm³/mol. The van der Waals surface area contributed by atoms with Crippen molar-refractivity contribution in [3.8, 4) is 6.01 Å². The lowest BCUT2D eigenvalue weighted by atomic mass is 9.95. The first-order valence-electron chi connectivity index (χ1n) is 7.62. The Hall–Kier alpha value is -1.24. The third kappa shape index (κ3) is 4.62. The number of nitrogens with zero attached hydrogens (tertiary/aromatic N) is 3. The standard InChI is InChI=1S/C14H25N5OS/c1-4-9-20-14-18-12(15-2)17-13(19-14)16-10-7-5-6-8-11(10)21-3/h10-11H,4-9H2,1-3H3,(H2,15,16,17,18,19). The summed E-state index contributed by atoms with van der Waals surface area (Å²) in [6, 6.07) is 0.801. The summed E-state index contributed by atoms with van der Waals surface area (Å²) in [5, 5.41) is 7.05. The fourth-order valence-corrected chi connectivity index (χ4v) is 3.44. The van der Waals surface area contributed by atoms with Crippen LogP contribution in [0.2, 0.25) is 0 Å². The summed E-state index contributed by atoms with van der Waals surface area (Å²) < 4.78 is 5.53. The van der Waals surface area contributed by atoms with Gasteiger partial charge in [0.2, 0.25) is 11.9 Å². The van der Waals surface area contributed by atoms with E-state index in [1.807, 2.05) is 11.8 Å². The van der Waals surface area contributed by atoms with Crippen LogP contribution in [0.1, 0.15) is 39.0 Å². The highest BCUT2D eigenvalue weighted by Gasteiger charge is 2.25. The van der Waals surface area contributed by atoms with Gasteiger partial charge in [0, 0.05) is 18.3 Å². The normalized spacial score (nSPS) is 21.9. The highest BCUT2D eigenvalue weighted by Crippen LogP contribution is 2.29. The van der Waals surface area contributed by atoms with Crippen LogP contribution >= 0.6 is 11.8 Å². The summed E-state index contributed by atoms with van der Waals surface area (Å²) in [6.07, 6.45) is 8.10. The molecular formula is C14H25N5OS. The Labute approximate surface area is 130 Å². The molecule has 1 aliphatic carbocycles. The predicted octanol–water partition coefficient (Wildman–Crippen LogP) is 2.79. The number of nitrogens with one attached hydrogen (secondary N) is 2. The third-order valence-corrected chi connectivity index (χ3v) is 4.76. The number of rotatable bonds is 7. The van der Waals surface area contributed by atoms with Crippen molar-refractivity contribution in [3.63, 3.8) is 0 Å². The zero-order valence-electron chi connectivity index (χ0n) is 13.1. The first-order chi connectivity index (χ1) is 10.3. The molecule has 0 aromatic carbocycles. The summed E-state index contributed by atoms with van der Waals surface area (Å²) in [5.74, 6) is 1.14. The highest BCUT2D eigenvalue weighted by molar-refractivity contribution is 7.99. The van der Waals surface area contributed by atoms with Crippen LogP contribution in [0, 0.1) is 0 Å². The second-order valence-electron chi connectivity index (χ2n) is 5.17. The largest absolute Gasteiger partial charge is 0.463 e. The molecule has 6 nitrogen and oxygen atoms in total. The Morgan fingerprint density at radius 2 is 1.95 bits per heavy atom. The van der Waals surface area contributed by atoms with Crippen LogP contribution in [-0.2, 0) is 0 Å². The lowest BCUT2D eigenvalue weighted by Crippen LogP contribution is -2.35. The molecule has 0 radical (unpaired) electrons. The minimum Gasteiger partial charge on any atom is -0.463 e. The molecule has 0 bridgehead atoms. The van der Waals surface area contributed by atoms with Gasteiger partial charge in [0.05, 0.1) is 6.61 Å². The molecule has 0 aliphatic heterocycles. The van der Waals surface area contributed by atoms with E-state index in [0.29, 0.717) is 35.8 Å². The van der Waals surface area contributed by atoms with Crippen LogP contribution in [0.5, 0.6) is 6.01 Å². The fourth-order valence-electron chi connectivity index (χ4n) is 2.50. The first kappa shape index (κ1) is 16.1. The number of aromatic nitrogens is 3. The highest BCUT2D eigenvalue weighted by atomic mass is 32.2. The molecule has 1 aliphatic rings. The molecule has 0 spiro atoms. The SMILES string of the molecule is CCCOc1nc(NC)nc(NC2CCCCC2SC)n1. The Kier molecular flexibility index (Phi) is 6.35. The summed E-state index contributed by atoms with van der Waals surface area (Å²) in [5.41, 5.74) is 0. The lowest BCUT2D eigenvalue weighted by molar-refractivity contribution is 0.292. The van der Waals surface area contributed by atoms with Crippen molar-refractivity contribution < 1.29 is 4.74 Å². The minimum atomic E-state index is 0.384. The Bertz CT molecular complexity index is 445. The molecule has 0 amide bonds. The maximum atomic E-state index is 5.53. The molecule has 1 saturated carbocycles. The van der Waals surface area contributed by atoms with Crippen molar-refractivity contribution >= 4 is 23.7 Å². The molecular weight excluding hydrogens is 286 g/mol. The molecule has 2 unspecified atom stereocenters. The summed E-state index contributed by atoms with van der Waals surface area (Å²) in [6.45, 7) is 2.67. The number of hydrogen-bond acceptors (Lipinski definition) is 7. The van der Waals surface area contributed by atoms with Crippen LogP contribution in [0.3, 0.4) is 0 Å². The lowest BCUT2D eigenvalue weighted by Gasteiger charge is -2.30. The van der Waals surface area contributed by atoms with Gasteiger partial charge in [-0.3, -0.25) is 0 Å². The smallest absolute Gasteiger partial charge is 0.323 e. The average Bonchev–Trinajstić information content (AvgIpc) is 2.53. The third-order valence-electron chi connectivity index (χ3n) is 3.59. The number of anilines is 2. The molecule has 1 fully saturated rings. The first-order valence-corrected chi connectivity index (χ1v) is 8.91. The summed E-state index contributed by atoms with van der Waals surface area (Å²) >= 11 is 1.92. The molecule has 1 aromatic rings. The fraction of sp³-hybridized carbons (Fsp3) is 0.786. The van der Waals surface area contributed by atoms with Gasteiger partial charge < -0.3 is 15.4 Å². The molecule has 7 heteroatoms. The van der Waals surface area contributed by atoms with Crippen molar-refractivity contribution in [2.45, 2.75) is 50.3 Å². The van der Waals surface area contributed by atoms with E-state index < -0.39 is 0 Å². The van der Waals surface area contributed by atoms with E-state index in [-0.39, 0.29) is 0 Å². The van der Waals surface area contributed by atoms with Crippen LogP contribution in [0.4, 0.5) is 11.9 Å². The van der Waals surface area contributed by atoms with Crippen molar-refractivity contribution in [1.29, 1.82) is 0 Å². The van der Waals surface area contributed by atoms with Gasteiger partial charge in [0.15, 0.2) is 0 Å². The van der Waals surface area contributed by atoms with E-state index in [2.05, 4.69) is 38.8 Å². The summed E-state index contributed by atoms with van der Waals surface area (Å²) in [4.78, 5) is 13.0. The molecule has 118 valence electrons. The van der Waals surface area contributed by atoms with Gasteiger partial charge in [0.1, 0.15) is 0 Å². The van der Waals surface area contributed by atoms with Gasteiger partial charge in [-0.2, -0.15) is 26.7 Å². The second kappa shape index (κ2) is 8.26. The topological polar surface area (TPSA) is 72.0 Å². The monoisotopic (exact) mass is 311 g/mol. The van der Waals surface area contributed by atoms with Crippen LogP contribution in [0.25, 0.3) is 0 Å². The van der Waals surface area contributed by atoms with Gasteiger partial charge >= 0.3 is 6.01 Å². The van der Waals surface area contributed by atoms with Gasteiger partial charge in [-0.1, -0.05) is 19.8 Å².